The van der Waals surface area contributed by atoms with Crippen LogP contribution in [0.15, 0.2) is 42.5 Å². The second kappa shape index (κ2) is 7.88. The highest BCUT2D eigenvalue weighted by Crippen LogP contribution is 2.26. The first kappa shape index (κ1) is 17.9. The highest BCUT2D eigenvalue weighted by Gasteiger charge is 2.29. The summed E-state index contributed by atoms with van der Waals surface area (Å²) in [5.41, 5.74) is 0.248. The highest BCUT2D eigenvalue weighted by atomic mass is 19.1. The molecule has 1 atom stereocenters. The Morgan fingerprint density at radius 3 is 2.21 bits per heavy atom. The lowest BCUT2D eigenvalue weighted by atomic mass is 10.0. The maximum absolute atomic E-state index is 14.0. The smallest absolute Gasteiger partial charge is 0.246 e. The van der Waals surface area contributed by atoms with Crippen LogP contribution in [0.4, 0.5) is 14.5 Å². The Hall–Kier alpha value is -2.47. The summed E-state index contributed by atoms with van der Waals surface area (Å²) in [6, 6.07) is 9.24. The standard InChI is InChI=1S/C18H20F2N2O2/c1-4-24-13-10-8-12(9-11-13)21-18(23)17(22(2)3)16-14(19)6-5-7-15(16)20/h5-11,17H,4H2,1-3H3,(H,21,23). The van der Waals surface area contributed by atoms with Crippen LogP contribution in [-0.4, -0.2) is 31.5 Å². The molecule has 0 saturated carbocycles. The maximum Gasteiger partial charge on any atom is 0.246 e. The Balaban J connectivity index is 2.24. The lowest BCUT2D eigenvalue weighted by molar-refractivity contribution is -0.120. The van der Waals surface area contributed by atoms with Gasteiger partial charge in [-0.1, -0.05) is 6.07 Å². The molecule has 24 heavy (non-hydrogen) atoms. The van der Waals surface area contributed by atoms with E-state index in [0.717, 1.165) is 12.1 Å². The summed E-state index contributed by atoms with van der Waals surface area (Å²) < 4.78 is 33.4. The maximum atomic E-state index is 14.0. The number of carbonyl (C=O) groups excluding carboxylic acids is 1. The molecule has 1 amide bonds. The molecule has 0 saturated heterocycles. The molecule has 2 rings (SSSR count). The lowest BCUT2D eigenvalue weighted by Crippen LogP contribution is -2.33. The first-order valence-corrected chi connectivity index (χ1v) is 7.58. The van der Waals surface area contributed by atoms with Crippen LogP contribution < -0.4 is 10.1 Å². The van der Waals surface area contributed by atoms with Crippen LogP contribution in [0.5, 0.6) is 5.75 Å². The van der Waals surface area contributed by atoms with Gasteiger partial charge in [-0.05, 0) is 57.4 Å². The summed E-state index contributed by atoms with van der Waals surface area (Å²) in [6.45, 7) is 2.42. The molecule has 0 aromatic heterocycles. The van der Waals surface area contributed by atoms with Gasteiger partial charge in [0.1, 0.15) is 23.4 Å². The van der Waals surface area contributed by atoms with Gasteiger partial charge in [-0.2, -0.15) is 0 Å². The number of amides is 1. The molecule has 1 unspecified atom stereocenters. The number of hydrogen-bond acceptors (Lipinski definition) is 3. The van der Waals surface area contributed by atoms with E-state index < -0.39 is 23.6 Å². The van der Waals surface area contributed by atoms with E-state index in [2.05, 4.69) is 5.32 Å². The van der Waals surface area contributed by atoms with Gasteiger partial charge in [0, 0.05) is 5.69 Å². The molecule has 4 nitrogen and oxygen atoms in total. The predicted octanol–water partition coefficient (Wildman–Crippen LogP) is 3.60. The topological polar surface area (TPSA) is 41.6 Å². The Labute approximate surface area is 140 Å². The molecule has 0 heterocycles. The molecule has 0 aliphatic heterocycles. The van der Waals surface area contributed by atoms with E-state index in [1.807, 2.05) is 6.92 Å². The molecule has 1 N–H and O–H groups in total. The number of benzene rings is 2. The van der Waals surface area contributed by atoms with Gasteiger partial charge < -0.3 is 10.1 Å². The third-order valence-corrected chi connectivity index (χ3v) is 3.47. The van der Waals surface area contributed by atoms with Crippen molar-refractivity contribution in [3.8, 4) is 5.75 Å². The molecular formula is C18H20F2N2O2. The minimum absolute atomic E-state index is 0.272. The van der Waals surface area contributed by atoms with Crippen LogP contribution in [0, 0.1) is 11.6 Å². The number of carbonyl (C=O) groups is 1. The van der Waals surface area contributed by atoms with Gasteiger partial charge >= 0.3 is 0 Å². The van der Waals surface area contributed by atoms with Crippen LogP contribution in [-0.2, 0) is 4.79 Å². The summed E-state index contributed by atoms with van der Waals surface area (Å²) in [6.07, 6.45) is 0. The molecule has 2 aromatic rings. The third-order valence-electron chi connectivity index (χ3n) is 3.47. The van der Waals surface area contributed by atoms with E-state index in [4.69, 9.17) is 4.74 Å². The quantitative estimate of drug-likeness (QED) is 0.877. The fourth-order valence-electron chi connectivity index (χ4n) is 2.41. The number of nitrogens with one attached hydrogen (secondary N) is 1. The van der Waals surface area contributed by atoms with E-state index >= 15 is 0 Å². The fraction of sp³-hybridized carbons (Fsp3) is 0.278. The molecular weight excluding hydrogens is 314 g/mol. The van der Waals surface area contributed by atoms with Crippen LogP contribution in [0.3, 0.4) is 0 Å². The average molecular weight is 334 g/mol. The van der Waals surface area contributed by atoms with Crippen molar-refractivity contribution in [3.05, 3.63) is 59.7 Å². The minimum Gasteiger partial charge on any atom is -0.494 e. The second-order valence-electron chi connectivity index (χ2n) is 5.45. The van der Waals surface area contributed by atoms with Gasteiger partial charge in [0.15, 0.2) is 0 Å². The lowest BCUT2D eigenvalue weighted by Gasteiger charge is -2.24. The van der Waals surface area contributed by atoms with Crippen molar-refractivity contribution in [3.63, 3.8) is 0 Å². The number of hydrogen-bond donors (Lipinski definition) is 1. The summed E-state index contributed by atoms with van der Waals surface area (Å²) in [4.78, 5) is 14.0. The number of likely N-dealkylation sites (N-methyl/N-ethyl adjacent to an activating group) is 1. The third kappa shape index (κ3) is 4.08. The van der Waals surface area contributed by atoms with Crippen LogP contribution in [0.2, 0.25) is 0 Å². The van der Waals surface area contributed by atoms with E-state index in [9.17, 15) is 13.6 Å². The summed E-state index contributed by atoms with van der Waals surface area (Å²) in [5, 5.41) is 2.68. The molecule has 2 aromatic carbocycles. The van der Waals surface area contributed by atoms with E-state index in [0.29, 0.717) is 18.0 Å². The number of anilines is 1. The fourth-order valence-corrected chi connectivity index (χ4v) is 2.41. The van der Waals surface area contributed by atoms with Crippen molar-refractivity contribution >= 4 is 11.6 Å². The number of halogens is 2. The number of ether oxygens (including phenoxy) is 1. The van der Waals surface area contributed by atoms with E-state index in [1.165, 1.54) is 11.0 Å². The average Bonchev–Trinajstić information content (AvgIpc) is 2.52. The Kier molecular flexibility index (Phi) is 5.87. The van der Waals surface area contributed by atoms with Crippen LogP contribution in [0.25, 0.3) is 0 Å². The summed E-state index contributed by atoms with van der Waals surface area (Å²) in [7, 11) is 3.18. The van der Waals surface area contributed by atoms with Crippen molar-refractivity contribution in [1.29, 1.82) is 0 Å². The Morgan fingerprint density at radius 1 is 1.12 bits per heavy atom. The van der Waals surface area contributed by atoms with Crippen molar-refractivity contribution < 1.29 is 18.3 Å². The van der Waals surface area contributed by atoms with Crippen LogP contribution >= 0.6 is 0 Å². The zero-order valence-corrected chi connectivity index (χ0v) is 13.8. The molecule has 0 bridgehead atoms. The van der Waals surface area contributed by atoms with Gasteiger partial charge in [0.25, 0.3) is 0 Å². The molecule has 0 fully saturated rings. The highest BCUT2D eigenvalue weighted by molar-refractivity contribution is 5.95. The summed E-state index contributed by atoms with van der Waals surface area (Å²) in [5.74, 6) is -1.35. The second-order valence-corrected chi connectivity index (χ2v) is 5.45. The first-order valence-electron chi connectivity index (χ1n) is 7.58. The molecule has 0 aliphatic carbocycles. The van der Waals surface area contributed by atoms with E-state index in [1.54, 1.807) is 38.4 Å². The predicted molar refractivity (Wildman–Crippen MR) is 89.0 cm³/mol. The monoisotopic (exact) mass is 334 g/mol. The zero-order chi connectivity index (χ0) is 17.7. The molecule has 128 valence electrons. The van der Waals surface area contributed by atoms with Crippen molar-refractivity contribution in [2.75, 3.05) is 26.0 Å². The molecule has 6 heteroatoms. The first-order chi connectivity index (χ1) is 11.4. The van der Waals surface area contributed by atoms with Crippen molar-refractivity contribution in [2.24, 2.45) is 0 Å². The SMILES string of the molecule is CCOc1ccc(NC(=O)C(c2c(F)cccc2F)N(C)C)cc1. The zero-order valence-electron chi connectivity index (χ0n) is 13.8. The van der Waals surface area contributed by atoms with Crippen LogP contribution in [0.1, 0.15) is 18.5 Å². The van der Waals surface area contributed by atoms with E-state index in [-0.39, 0.29) is 5.56 Å². The number of nitrogens with zero attached hydrogens (tertiary/aromatic N) is 1. The number of rotatable bonds is 6. The molecule has 0 radical (unpaired) electrons. The molecule has 0 spiro atoms. The van der Waals surface area contributed by atoms with Gasteiger partial charge in [0.05, 0.1) is 12.2 Å². The van der Waals surface area contributed by atoms with Crippen molar-refractivity contribution in [2.45, 2.75) is 13.0 Å². The Morgan fingerprint density at radius 2 is 1.71 bits per heavy atom. The van der Waals surface area contributed by atoms with Gasteiger partial charge in [-0.3, -0.25) is 9.69 Å². The Bertz CT molecular complexity index is 682. The van der Waals surface area contributed by atoms with Gasteiger partial charge in [-0.25, -0.2) is 8.78 Å². The minimum atomic E-state index is -1.09. The van der Waals surface area contributed by atoms with Crippen molar-refractivity contribution in [1.82, 2.24) is 4.90 Å². The molecule has 0 aliphatic rings. The van der Waals surface area contributed by atoms with Gasteiger partial charge in [-0.15, -0.1) is 0 Å². The summed E-state index contributed by atoms with van der Waals surface area (Å²) >= 11 is 0. The van der Waals surface area contributed by atoms with Gasteiger partial charge in [0.2, 0.25) is 5.91 Å². The largest absolute Gasteiger partial charge is 0.494 e. The normalized spacial score (nSPS) is 12.1.